The predicted molar refractivity (Wildman–Crippen MR) is 58.9 cm³/mol. The van der Waals surface area contributed by atoms with Gasteiger partial charge in [0.15, 0.2) is 0 Å². The normalized spacial score (nSPS) is 11.7. The number of nitrogens with zero attached hydrogens (tertiary/aromatic N) is 4. The summed E-state index contributed by atoms with van der Waals surface area (Å²) in [5.41, 5.74) is 2.12. The minimum Gasteiger partial charge on any atom is -0.290 e. The molecule has 0 saturated heterocycles. The van der Waals surface area contributed by atoms with Gasteiger partial charge in [-0.25, -0.2) is 9.67 Å². The molecule has 0 aliphatic carbocycles. The smallest absolute Gasteiger partial charge is 0.137 e. The van der Waals surface area contributed by atoms with Gasteiger partial charge in [-0.1, -0.05) is 30.3 Å². The molecule has 1 heterocycles. The van der Waals surface area contributed by atoms with Gasteiger partial charge in [-0.2, -0.15) is 5.10 Å². The summed E-state index contributed by atoms with van der Waals surface area (Å²) < 4.78 is 1.76. The second kappa shape index (κ2) is 4.50. The molecule has 0 saturated carbocycles. The summed E-state index contributed by atoms with van der Waals surface area (Å²) in [6.45, 7) is 0.653. The minimum atomic E-state index is 0.653. The molecule has 0 bridgehead atoms. The van der Waals surface area contributed by atoms with E-state index in [4.69, 9.17) is 0 Å². The summed E-state index contributed by atoms with van der Waals surface area (Å²) >= 11 is 0. The molecule has 0 radical (unpaired) electrons. The molecule has 0 aliphatic heterocycles. The van der Waals surface area contributed by atoms with Crippen LogP contribution in [0, 0.1) is 0 Å². The molecule has 2 rings (SSSR count). The Morgan fingerprint density at radius 3 is 2.73 bits per heavy atom. The van der Waals surface area contributed by atoms with Crippen LogP contribution in [0.25, 0.3) is 0 Å². The number of rotatable bonds is 3. The van der Waals surface area contributed by atoms with Crippen molar-refractivity contribution in [3.05, 3.63) is 48.5 Å². The fourth-order valence-corrected chi connectivity index (χ4v) is 1.39. The Labute approximate surface area is 88.3 Å². The van der Waals surface area contributed by atoms with Crippen LogP contribution in [0.3, 0.4) is 0 Å². The van der Waals surface area contributed by atoms with Gasteiger partial charge in [0, 0.05) is 7.05 Å². The van der Waals surface area contributed by atoms with Crippen LogP contribution in [0.4, 0.5) is 0 Å². The van der Waals surface area contributed by atoms with Gasteiger partial charge in [-0.05, 0) is 5.56 Å². The highest BCUT2D eigenvalue weighted by Gasteiger charge is 2.02. The number of aromatic nitrogens is 3. The van der Waals surface area contributed by atoms with Crippen molar-refractivity contribution >= 4 is 5.71 Å². The number of aliphatic imine (C=N–C) groups is 1. The first-order valence-corrected chi connectivity index (χ1v) is 4.73. The third kappa shape index (κ3) is 2.28. The minimum absolute atomic E-state index is 0.653. The number of hydrogen-bond acceptors (Lipinski definition) is 3. The Morgan fingerprint density at radius 1 is 1.33 bits per heavy atom. The zero-order valence-corrected chi connectivity index (χ0v) is 8.54. The molecule has 0 spiro atoms. The Bertz CT molecular complexity index is 431. The maximum Gasteiger partial charge on any atom is 0.137 e. The lowest BCUT2D eigenvalue weighted by atomic mass is 10.1. The summed E-state index contributed by atoms with van der Waals surface area (Å²) in [6.07, 6.45) is 3.21. The summed E-state index contributed by atoms with van der Waals surface area (Å²) in [7, 11) is 1.79. The fourth-order valence-electron chi connectivity index (χ4n) is 1.39. The third-order valence-corrected chi connectivity index (χ3v) is 2.16. The van der Waals surface area contributed by atoms with Gasteiger partial charge in [-0.3, -0.25) is 4.99 Å². The van der Waals surface area contributed by atoms with E-state index in [1.165, 1.54) is 6.33 Å². The third-order valence-electron chi connectivity index (χ3n) is 2.16. The molecule has 0 unspecified atom stereocenters. The molecule has 0 amide bonds. The molecule has 0 atom stereocenters. The highest BCUT2D eigenvalue weighted by atomic mass is 15.3. The van der Waals surface area contributed by atoms with Crippen molar-refractivity contribution in [1.29, 1.82) is 0 Å². The predicted octanol–water partition coefficient (Wildman–Crippen LogP) is 1.40. The standard InChI is InChI=1S/C11H12N4/c1-12-11(7-15-9-13-8-14-15)10-5-3-2-4-6-10/h2-6,8-9H,7H2,1H3/b12-11+. The van der Waals surface area contributed by atoms with Crippen LogP contribution in [0.1, 0.15) is 5.56 Å². The van der Waals surface area contributed by atoms with Crippen LogP contribution in [0.15, 0.2) is 48.0 Å². The van der Waals surface area contributed by atoms with Crippen molar-refractivity contribution in [3.63, 3.8) is 0 Å². The van der Waals surface area contributed by atoms with Crippen molar-refractivity contribution in [2.24, 2.45) is 4.99 Å². The Balaban J connectivity index is 2.20. The van der Waals surface area contributed by atoms with E-state index in [0.717, 1.165) is 11.3 Å². The van der Waals surface area contributed by atoms with Crippen molar-refractivity contribution in [2.75, 3.05) is 7.05 Å². The quantitative estimate of drug-likeness (QED) is 0.703. The van der Waals surface area contributed by atoms with Crippen LogP contribution in [-0.2, 0) is 6.54 Å². The average molecular weight is 200 g/mol. The molecule has 15 heavy (non-hydrogen) atoms. The Kier molecular flexibility index (Phi) is 2.88. The molecule has 2 aromatic rings. The first-order chi connectivity index (χ1) is 7.40. The molecule has 76 valence electrons. The summed E-state index contributed by atoms with van der Waals surface area (Å²) in [5.74, 6) is 0. The van der Waals surface area contributed by atoms with Crippen LogP contribution in [0.5, 0.6) is 0 Å². The van der Waals surface area contributed by atoms with Crippen LogP contribution in [0.2, 0.25) is 0 Å². The van der Waals surface area contributed by atoms with Gasteiger partial charge in [0.25, 0.3) is 0 Å². The fraction of sp³-hybridized carbons (Fsp3) is 0.182. The largest absolute Gasteiger partial charge is 0.290 e. The van der Waals surface area contributed by atoms with Crippen LogP contribution < -0.4 is 0 Å². The van der Waals surface area contributed by atoms with E-state index in [9.17, 15) is 0 Å². The summed E-state index contributed by atoms with van der Waals surface area (Å²) in [6, 6.07) is 10.1. The lowest BCUT2D eigenvalue weighted by molar-refractivity contribution is 0.721. The van der Waals surface area contributed by atoms with E-state index in [2.05, 4.69) is 15.1 Å². The van der Waals surface area contributed by atoms with Gasteiger partial charge in [0.05, 0.1) is 12.3 Å². The molecule has 0 fully saturated rings. The van der Waals surface area contributed by atoms with Crippen LogP contribution in [-0.4, -0.2) is 27.5 Å². The van der Waals surface area contributed by atoms with Gasteiger partial charge < -0.3 is 0 Å². The molecule has 4 heteroatoms. The molecular formula is C11H12N4. The van der Waals surface area contributed by atoms with Crippen molar-refractivity contribution in [3.8, 4) is 0 Å². The molecule has 1 aromatic carbocycles. The van der Waals surface area contributed by atoms with Gasteiger partial charge in [-0.15, -0.1) is 0 Å². The molecule has 0 aliphatic rings. The first kappa shape index (κ1) is 9.58. The lowest BCUT2D eigenvalue weighted by Gasteiger charge is -2.05. The SMILES string of the molecule is C/N=C(\Cn1cncn1)c1ccccc1. The second-order valence-corrected chi connectivity index (χ2v) is 3.13. The lowest BCUT2D eigenvalue weighted by Crippen LogP contribution is -2.11. The first-order valence-electron chi connectivity index (χ1n) is 4.73. The molecule has 0 N–H and O–H groups in total. The van der Waals surface area contributed by atoms with Crippen molar-refractivity contribution in [2.45, 2.75) is 6.54 Å². The zero-order valence-electron chi connectivity index (χ0n) is 8.54. The Morgan fingerprint density at radius 2 is 2.13 bits per heavy atom. The highest BCUT2D eigenvalue weighted by Crippen LogP contribution is 2.02. The maximum absolute atomic E-state index is 4.26. The van der Waals surface area contributed by atoms with Gasteiger partial charge in [0.2, 0.25) is 0 Å². The maximum atomic E-state index is 4.26. The summed E-state index contributed by atoms with van der Waals surface area (Å²) in [4.78, 5) is 8.16. The van der Waals surface area contributed by atoms with Crippen molar-refractivity contribution < 1.29 is 0 Å². The van der Waals surface area contributed by atoms with E-state index < -0.39 is 0 Å². The molecule has 4 nitrogen and oxygen atoms in total. The number of benzene rings is 1. The van der Waals surface area contributed by atoms with Gasteiger partial charge in [0.1, 0.15) is 12.7 Å². The summed E-state index contributed by atoms with van der Waals surface area (Å²) in [5, 5.41) is 4.05. The van der Waals surface area contributed by atoms with Crippen LogP contribution >= 0.6 is 0 Å². The van der Waals surface area contributed by atoms with E-state index in [1.807, 2.05) is 30.3 Å². The monoisotopic (exact) mass is 200 g/mol. The van der Waals surface area contributed by atoms with E-state index >= 15 is 0 Å². The van der Waals surface area contributed by atoms with Crippen molar-refractivity contribution in [1.82, 2.24) is 14.8 Å². The second-order valence-electron chi connectivity index (χ2n) is 3.13. The Hall–Kier alpha value is -1.97. The average Bonchev–Trinajstić information content (AvgIpc) is 2.80. The molecule has 1 aromatic heterocycles. The van der Waals surface area contributed by atoms with E-state index in [1.54, 1.807) is 18.1 Å². The highest BCUT2D eigenvalue weighted by molar-refractivity contribution is 6.00. The van der Waals surface area contributed by atoms with Gasteiger partial charge >= 0.3 is 0 Å². The van der Waals surface area contributed by atoms with E-state index in [0.29, 0.717) is 6.54 Å². The molecular weight excluding hydrogens is 188 g/mol. The zero-order chi connectivity index (χ0) is 10.5. The number of hydrogen-bond donors (Lipinski definition) is 0. The van der Waals surface area contributed by atoms with E-state index in [-0.39, 0.29) is 0 Å². The topological polar surface area (TPSA) is 43.1 Å².